The lowest BCUT2D eigenvalue weighted by molar-refractivity contribution is 0.590. The molecule has 0 radical (unpaired) electrons. The van der Waals surface area contributed by atoms with Crippen LogP contribution in [0.25, 0.3) is 16.7 Å². The number of anilines is 1. The summed E-state index contributed by atoms with van der Waals surface area (Å²) in [5, 5.41) is 8.65. The van der Waals surface area contributed by atoms with Crippen LogP contribution in [0.3, 0.4) is 0 Å². The van der Waals surface area contributed by atoms with Gasteiger partial charge >= 0.3 is 0 Å². The number of benzene rings is 2. The Morgan fingerprint density at radius 2 is 1.90 bits per heavy atom. The molecule has 0 spiro atoms. The van der Waals surface area contributed by atoms with Crippen LogP contribution in [-0.4, -0.2) is 9.55 Å². The molecule has 0 aliphatic carbocycles. The van der Waals surface area contributed by atoms with E-state index in [0.29, 0.717) is 12.1 Å². The molecule has 104 valence electrons. The minimum Gasteiger partial charge on any atom is -0.369 e. The number of nitriles is 1. The fourth-order valence-electron chi connectivity index (χ4n) is 2.25. The standard InChI is InChI=1S/C15H10F2N4/c16-10-7-12(17)14-13(8-10)21(15(19)20-14)11-3-1-9(2-4-11)5-6-18/h1-4,7-8H,5H2,(H2,19,20). The van der Waals surface area contributed by atoms with Crippen molar-refractivity contribution in [3.63, 3.8) is 0 Å². The molecule has 0 aliphatic rings. The topological polar surface area (TPSA) is 67.6 Å². The number of nitrogens with zero attached hydrogens (tertiary/aromatic N) is 3. The summed E-state index contributed by atoms with van der Waals surface area (Å²) in [5.74, 6) is -1.37. The van der Waals surface area contributed by atoms with E-state index >= 15 is 0 Å². The zero-order valence-corrected chi connectivity index (χ0v) is 10.8. The fraction of sp³-hybridized carbons (Fsp3) is 0.0667. The molecule has 1 heterocycles. The summed E-state index contributed by atoms with van der Waals surface area (Å²) in [4.78, 5) is 3.94. The van der Waals surface area contributed by atoms with Crippen LogP contribution in [0.2, 0.25) is 0 Å². The first kappa shape index (κ1) is 13.1. The maximum atomic E-state index is 13.7. The van der Waals surface area contributed by atoms with Gasteiger partial charge in [-0.05, 0) is 17.7 Å². The summed E-state index contributed by atoms with van der Waals surface area (Å²) in [6.45, 7) is 0. The fourth-order valence-corrected chi connectivity index (χ4v) is 2.25. The van der Waals surface area contributed by atoms with Crippen LogP contribution in [0, 0.1) is 23.0 Å². The maximum Gasteiger partial charge on any atom is 0.206 e. The third-order valence-electron chi connectivity index (χ3n) is 3.18. The number of fused-ring (bicyclic) bond motifs is 1. The Morgan fingerprint density at radius 3 is 2.57 bits per heavy atom. The first-order valence-electron chi connectivity index (χ1n) is 6.19. The zero-order chi connectivity index (χ0) is 15.0. The molecule has 3 rings (SSSR count). The van der Waals surface area contributed by atoms with Gasteiger partial charge in [0, 0.05) is 17.8 Å². The van der Waals surface area contributed by atoms with Gasteiger partial charge in [-0.1, -0.05) is 12.1 Å². The van der Waals surface area contributed by atoms with E-state index < -0.39 is 11.6 Å². The van der Waals surface area contributed by atoms with Crippen LogP contribution in [-0.2, 0) is 6.42 Å². The number of imidazole rings is 1. The molecule has 0 fully saturated rings. The van der Waals surface area contributed by atoms with Gasteiger partial charge in [0.1, 0.15) is 11.3 Å². The number of rotatable bonds is 2. The third kappa shape index (κ3) is 2.19. The second-order valence-electron chi connectivity index (χ2n) is 4.56. The molecule has 0 saturated carbocycles. The predicted molar refractivity (Wildman–Crippen MR) is 74.7 cm³/mol. The molecule has 1 aromatic heterocycles. The van der Waals surface area contributed by atoms with Crippen molar-refractivity contribution in [2.75, 3.05) is 5.73 Å². The lowest BCUT2D eigenvalue weighted by Crippen LogP contribution is -2.00. The van der Waals surface area contributed by atoms with Crippen LogP contribution < -0.4 is 5.73 Å². The Labute approximate surface area is 119 Å². The molecule has 0 aliphatic heterocycles. The van der Waals surface area contributed by atoms with Crippen LogP contribution in [0.1, 0.15) is 5.56 Å². The minimum absolute atomic E-state index is 0.0231. The molecule has 0 amide bonds. The Bertz CT molecular complexity index is 860. The van der Waals surface area contributed by atoms with E-state index in [1.165, 1.54) is 10.6 Å². The van der Waals surface area contributed by atoms with Crippen molar-refractivity contribution >= 4 is 17.0 Å². The molecule has 0 bridgehead atoms. The normalized spacial score (nSPS) is 10.7. The van der Waals surface area contributed by atoms with Gasteiger partial charge in [0.25, 0.3) is 0 Å². The van der Waals surface area contributed by atoms with Gasteiger partial charge < -0.3 is 5.73 Å². The molecule has 0 unspecified atom stereocenters. The molecule has 21 heavy (non-hydrogen) atoms. The van der Waals surface area contributed by atoms with Crippen molar-refractivity contribution in [2.45, 2.75) is 6.42 Å². The van der Waals surface area contributed by atoms with Crippen LogP contribution in [0.5, 0.6) is 0 Å². The third-order valence-corrected chi connectivity index (χ3v) is 3.18. The largest absolute Gasteiger partial charge is 0.369 e. The summed E-state index contributed by atoms with van der Waals surface area (Å²) >= 11 is 0. The van der Waals surface area contributed by atoms with Crippen molar-refractivity contribution in [3.8, 4) is 11.8 Å². The summed E-state index contributed by atoms with van der Waals surface area (Å²) in [7, 11) is 0. The summed E-state index contributed by atoms with van der Waals surface area (Å²) < 4.78 is 28.6. The summed E-state index contributed by atoms with van der Waals surface area (Å²) in [6.07, 6.45) is 0.295. The lowest BCUT2D eigenvalue weighted by Gasteiger charge is -2.07. The van der Waals surface area contributed by atoms with Crippen molar-refractivity contribution in [2.24, 2.45) is 0 Å². The minimum atomic E-state index is -0.753. The highest BCUT2D eigenvalue weighted by atomic mass is 19.1. The van der Waals surface area contributed by atoms with E-state index in [0.717, 1.165) is 11.6 Å². The quantitative estimate of drug-likeness (QED) is 0.786. The average molecular weight is 284 g/mol. The van der Waals surface area contributed by atoms with E-state index in [-0.39, 0.29) is 17.0 Å². The number of hydrogen-bond donors (Lipinski definition) is 1. The highest BCUT2D eigenvalue weighted by molar-refractivity contribution is 5.81. The van der Waals surface area contributed by atoms with Crippen LogP contribution in [0.15, 0.2) is 36.4 Å². The number of hydrogen-bond acceptors (Lipinski definition) is 3. The molecule has 0 atom stereocenters. The van der Waals surface area contributed by atoms with E-state index in [9.17, 15) is 8.78 Å². The molecular formula is C15H10F2N4. The smallest absolute Gasteiger partial charge is 0.206 e. The monoisotopic (exact) mass is 284 g/mol. The van der Waals surface area contributed by atoms with E-state index in [4.69, 9.17) is 11.0 Å². The molecule has 0 saturated heterocycles. The first-order valence-corrected chi connectivity index (χ1v) is 6.19. The van der Waals surface area contributed by atoms with Crippen molar-refractivity contribution in [3.05, 3.63) is 53.6 Å². The lowest BCUT2D eigenvalue weighted by atomic mass is 10.1. The van der Waals surface area contributed by atoms with Gasteiger partial charge in [0.15, 0.2) is 5.82 Å². The summed E-state index contributed by atoms with van der Waals surface area (Å²) in [5.41, 5.74) is 7.57. The van der Waals surface area contributed by atoms with Crippen molar-refractivity contribution in [1.29, 1.82) is 5.26 Å². The Kier molecular flexibility index (Phi) is 3.03. The van der Waals surface area contributed by atoms with Gasteiger partial charge in [-0.2, -0.15) is 5.26 Å². The number of halogens is 2. The maximum absolute atomic E-state index is 13.7. The SMILES string of the molecule is N#CCc1ccc(-n2c(N)nc3c(F)cc(F)cc32)cc1. The van der Waals surface area contributed by atoms with Gasteiger partial charge in [0.2, 0.25) is 5.95 Å². The van der Waals surface area contributed by atoms with Gasteiger partial charge in [-0.3, -0.25) is 4.57 Å². The Hall–Kier alpha value is -2.94. The van der Waals surface area contributed by atoms with E-state index in [2.05, 4.69) is 11.1 Å². The second-order valence-corrected chi connectivity index (χ2v) is 4.56. The van der Waals surface area contributed by atoms with Gasteiger partial charge in [-0.25, -0.2) is 13.8 Å². The Morgan fingerprint density at radius 1 is 1.19 bits per heavy atom. The van der Waals surface area contributed by atoms with Crippen LogP contribution in [0.4, 0.5) is 14.7 Å². The van der Waals surface area contributed by atoms with Crippen LogP contribution >= 0.6 is 0 Å². The van der Waals surface area contributed by atoms with Gasteiger partial charge in [-0.15, -0.1) is 0 Å². The molecule has 4 nitrogen and oxygen atoms in total. The molecule has 2 aromatic carbocycles. The van der Waals surface area contributed by atoms with E-state index in [1.54, 1.807) is 24.3 Å². The first-order chi connectivity index (χ1) is 10.1. The molecule has 3 aromatic rings. The average Bonchev–Trinajstić information content (AvgIpc) is 2.77. The zero-order valence-electron chi connectivity index (χ0n) is 10.8. The van der Waals surface area contributed by atoms with Crippen molar-refractivity contribution < 1.29 is 8.78 Å². The van der Waals surface area contributed by atoms with Gasteiger partial charge in [0.05, 0.1) is 18.0 Å². The van der Waals surface area contributed by atoms with Crippen molar-refractivity contribution in [1.82, 2.24) is 9.55 Å². The van der Waals surface area contributed by atoms with E-state index in [1.807, 2.05) is 0 Å². The molecule has 6 heteroatoms. The number of nitrogen functional groups attached to an aromatic ring is 1. The number of aromatic nitrogens is 2. The highest BCUT2D eigenvalue weighted by Crippen LogP contribution is 2.26. The second kappa shape index (κ2) is 4.87. The predicted octanol–water partition coefficient (Wildman–Crippen LogP) is 2.95. The highest BCUT2D eigenvalue weighted by Gasteiger charge is 2.15. The molecule has 2 N–H and O–H groups in total. The number of nitrogens with two attached hydrogens (primary N) is 1. The summed E-state index contributed by atoms with van der Waals surface area (Å²) in [6, 6.07) is 11.0. The molecular weight excluding hydrogens is 274 g/mol. The Balaban J connectivity index is 2.20.